The maximum Gasteiger partial charge on any atom is 0.326 e. The van der Waals surface area contributed by atoms with Crippen molar-refractivity contribution >= 4 is 11.9 Å². The average Bonchev–Trinajstić information content (AvgIpc) is 2.36. The highest BCUT2D eigenvalue weighted by atomic mass is 16.5. The number of H-pyrrole nitrogens is 2. The number of nitrogens with zero attached hydrogens (tertiary/aromatic N) is 1. The van der Waals surface area contributed by atoms with Gasteiger partial charge < -0.3 is 14.6 Å². The molecule has 0 aromatic carbocycles. The van der Waals surface area contributed by atoms with Gasteiger partial charge >= 0.3 is 11.7 Å². The molecule has 0 saturated carbocycles. The molecule has 2 N–H and O–H groups in total. The van der Waals surface area contributed by atoms with Gasteiger partial charge in [-0.2, -0.15) is 0 Å². The topological polar surface area (TPSA) is 112 Å². The fraction of sp³-hybridized carbons (Fsp3) is 0.455. The van der Waals surface area contributed by atoms with E-state index in [1.165, 1.54) is 19.1 Å². The minimum atomic E-state index is -0.737. The molecule has 19 heavy (non-hydrogen) atoms. The van der Waals surface area contributed by atoms with E-state index in [1.54, 1.807) is 0 Å². The maximum atomic E-state index is 11.9. The van der Waals surface area contributed by atoms with Gasteiger partial charge in [-0.1, -0.05) is 0 Å². The molecule has 8 heteroatoms. The third kappa shape index (κ3) is 4.41. The van der Waals surface area contributed by atoms with Gasteiger partial charge in [-0.25, -0.2) is 4.79 Å². The predicted octanol–water partition coefficient (Wildman–Crippen LogP) is -0.912. The monoisotopic (exact) mass is 269 g/mol. The fourth-order valence-corrected chi connectivity index (χ4v) is 1.45. The van der Waals surface area contributed by atoms with Crippen LogP contribution in [-0.4, -0.2) is 47.4 Å². The van der Waals surface area contributed by atoms with Crippen molar-refractivity contribution in [3.8, 4) is 0 Å². The van der Waals surface area contributed by atoms with E-state index in [-0.39, 0.29) is 18.1 Å². The van der Waals surface area contributed by atoms with Crippen LogP contribution in [0, 0.1) is 0 Å². The molecule has 1 aromatic heterocycles. The summed E-state index contributed by atoms with van der Waals surface area (Å²) >= 11 is 0. The molecule has 0 bridgehead atoms. The van der Waals surface area contributed by atoms with Crippen LogP contribution in [0.1, 0.15) is 23.3 Å². The zero-order valence-electron chi connectivity index (χ0n) is 10.7. The molecule has 0 spiro atoms. The Morgan fingerprint density at radius 1 is 1.32 bits per heavy atom. The third-order valence-electron chi connectivity index (χ3n) is 2.44. The van der Waals surface area contributed by atoms with Crippen molar-refractivity contribution in [1.29, 1.82) is 0 Å². The summed E-state index contributed by atoms with van der Waals surface area (Å²) in [5, 5.41) is 0. The van der Waals surface area contributed by atoms with Crippen LogP contribution in [-0.2, 0) is 9.53 Å². The van der Waals surface area contributed by atoms with Crippen LogP contribution in [0.3, 0.4) is 0 Å². The molecule has 1 rings (SSSR count). The molecule has 1 amide bonds. The summed E-state index contributed by atoms with van der Waals surface area (Å²) in [5.41, 5.74) is -1.47. The standard InChI is InChI=1S/C11H15N3O5/c1-14(5-3-4-9(16)19-2)10(17)7-6-8(15)13-11(18)12-7/h6H,3-5H2,1-2H3,(H2,12,13,15,18). The molecule has 0 fully saturated rings. The van der Waals surface area contributed by atoms with Gasteiger partial charge in [0, 0.05) is 26.1 Å². The lowest BCUT2D eigenvalue weighted by Gasteiger charge is -2.16. The molecule has 0 unspecified atom stereocenters. The van der Waals surface area contributed by atoms with E-state index in [4.69, 9.17) is 0 Å². The number of nitrogens with one attached hydrogen (secondary N) is 2. The number of aromatic nitrogens is 2. The van der Waals surface area contributed by atoms with Gasteiger partial charge in [0.05, 0.1) is 7.11 Å². The highest BCUT2D eigenvalue weighted by molar-refractivity contribution is 5.91. The van der Waals surface area contributed by atoms with Crippen molar-refractivity contribution < 1.29 is 14.3 Å². The Bertz CT molecular complexity index is 546. The number of carbonyl (C=O) groups excluding carboxylic acids is 2. The maximum absolute atomic E-state index is 11.9. The zero-order valence-corrected chi connectivity index (χ0v) is 10.7. The summed E-state index contributed by atoms with van der Waals surface area (Å²) in [4.78, 5) is 50.4. The van der Waals surface area contributed by atoms with Gasteiger partial charge in [0.15, 0.2) is 0 Å². The lowest BCUT2D eigenvalue weighted by molar-refractivity contribution is -0.140. The molecule has 1 heterocycles. The van der Waals surface area contributed by atoms with E-state index in [2.05, 4.69) is 9.72 Å². The molecule has 0 aliphatic heterocycles. The first kappa shape index (κ1) is 14.7. The van der Waals surface area contributed by atoms with Gasteiger partial charge in [-0.3, -0.25) is 19.4 Å². The van der Waals surface area contributed by atoms with Crippen molar-refractivity contribution in [3.63, 3.8) is 0 Å². The second-order valence-electron chi connectivity index (χ2n) is 3.91. The molecule has 0 aliphatic carbocycles. The minimum absolute atomic E-state index is 0.0886. The van der Waals surface area contributed by atoms with E-state index in [0.717, 1.165) is 6.07 Å². The van der Waals surface area contributed by atoms with Gasteiger partial charge in [0.25, 0.3) is 11.5 Å². The van der Waals surface area contributed by atoms with E-state index >= 15 is 0 Å². The first-order valence-electron chi connectivity index (χ1n) is 5.60. The van der Waals surface area contributed by atoms with Gasteiger partial charge in [0.1, 0.15) is 5.69 Å². The number of esters is 1. The Hall–Kier alpha value is -2.38. The van der Waals surface area contributed by atoms with Gasteiger partial charge in [0.2, 0.25) is 0 Å². The normalized spacial score (nSPS) is 10.0. The zero-order chi connectivity index (χ0) is 14.4. The molecule has 0 aliphatic rings. The lowest BCUT2D eigenvalue weighted by Crippen LogP contribution is -2.33. The van der Waals surface area contributed by atoms with Crippen LogP contribution < -0.4 is 11.2 Å². The summed E-state index contributed by atoms with van der Waals surface area (Å²) in [6, 6.07) is 1.01. The summed E-state index contributed by atoms with van der Waals surface area (Å²) in [7, 11) is 2.80. The molecule has 0 saturated heterocycles. The van der Waals surface area contributed by atoms with E-state index in [1.807, 2.05) is 4.98 Å². The number of aromatic amines is 2. The molecule has 1 aromatic rings. The number of carbonyl (C=O) groups is 2. The smallest absolute Gasteiger partial charge is 0.326 e. The van der Waals surface area contributed by atoms with Crippen molar-refractivity contribution in [2.45, 2.75) is 12.8 Å². The van der Waals surface area contributed by atoms with Crippen molar-refractivity contribution in [2.24, 2.45) is 0 Å². The molecular formula is C11H15N3O5. The van der Waals surface area contributed by atoms with Crippen LogP contribution in [0.2, 0.25) is 0 Å². The fourth-order valence-electron chi connectivity index (χ4n) is 1.45. The lowest BCUT2D eigenvalue weighted by atomic mass is 10.3. The number of rotatable bonds is 5. The first-order chi connectivity index (χ1) is 8.93. The molecular weight excluding hydrogens is 254 g/mol. The molecule has 0 radical (unpaired) electrons. The second-order valence-corrected chi connectivity index (χ2v) is 3.91. The quantitative estimate of drug-likeness (QED) is 0.672. The summed E-state index contributed by atoms with van der Waals surface area (Å²) in [6.07, 6.45) is 0.627. The van der Waals surface area contributed by atoms with Gasteiger partial charge in [-0.05, 0) is 6.42 Å². The highest BCUT2D eigenvalue weighted by Gasteiger charge is 2.13. The van der Waals surface area contributed by atoms with Crippen molar-refractivity contribution in [1.82, 2.24) is 14.9 Å². The van der Waals surface area contributed by atoms with Crippen molar-refractivity contribution in [3.05, 3.63) is 32.6 Å². The largest absolute Gasteiger partial charge is 0.469 e. The Labute approximate surface area is 108 Å². The Morgan fingerprint density at radius 3 is 2.58 bits per heavy atom. The molecule has 0 atom stereocenters. The number of hydrogen-bond acceptors (Lipinski definition) is 5. The summed E-state index contributed by atoms with van der Waals surface area (Å²) in [5.74, 6) is -0.849. The highest BCUT2D eigenvalue weighted by Crippen LogP contribution is 1.99. The molecule has 8 nitrogen and oxygen atoms in total. The van der Waals surface area contributed by atoms with E-state index in [9.17, 15) is 19.2 Å². The SMILES string of the molecule is COC(=O)CCCN(C)C(=O)c1cc(=O)[nH]c(=O)[nH]1. The van der Waals surface area contributed by atoms with Crippen molar-refractivity contribution in [2.75, 3.05) is 20.7 Å². The number of hydrogen-bond donors (Lipinski definition) is 2. The Kier molecular flexibility index (Phi) is 5.04. The summed E-state index contributed by atoms with van der Waals surface area (Å²) < 4.78 is 4.47. The van der Waals surface area contributed by atoms with Gasteiger partial charge in [-0.15, -0.1) is 0 Å². The average molecular weight is 269 g/mol. The Balaban J connectivity index is 2.64. The Morgan fingerprint density at radius 2 is 2.00 bits per heavy atom. The number of amides is 1. The van der Waals surface area contributed by atoms with E-state index in [0.29, 0.717) is 13.0 Å². The van der Waals surface area contributed by atoms with E-state index < -0.39 is 17.2 Å². The number of ether oxygens (including phenoxy) is 1. The van der Waals surface area contributed by atoms with Crippen LogP contribution >= 0.6 is 0 Å². The number of methoxy groups -OCH3 is 1. The van der Waals surface area contributed by atoms with Crippen LogP contribution in [0.4, 0.5) is 0 Å². The second kappa shape index (κ2) is 6.53. The van der Waals surface area contributed by atoms with Crippen LogP contribution in [0.5, 0.6) is 0 Å². The predicted molar refractivity (Wildman–Crippen MR) is 65.9 cm³/mol. The summed E-state index contributed by atoms with van der Waals surface area (Å²) in [6.45, 7) is 0.308. The van der Waals surface area contributed by atoms with Crippen LogP contribution in [0.25, 0.3) is 0 Å². The third-order valence-corrected chi connectivity index (χ3v) is 2.44. The first-order valence-corrected chi connectivity index (χ1v) is 5.60. The van der Waals surface area contributed by atoms with Crippen LogP contribution in [0.15, 0.2) is 15.7 Å². The minimum Gasteiger partial charge on any atom is -0.469 e. The molecule has 104 valence electrons.